The first-order valence-electron chi connectivity index (χ1n) is 7.97. The highest BCUT2D eigenvalue weighted by Gasteiger charge is 2.29. The van der Waals surface area contributed by atoms with Crippen molar-refractivity contribution in [3.63, 3.8) is 0 Å². The lowest BCUT2D eigenvalue weighted by molar-refractivity contribution is 0.153. The molecule has 0 atom stereocenters. The molecule has 1 saturated carbocycles. The molecule has 0 unspecified atom stereocenters. The van der Waals surface area contributed by atoms with Gasteiger partial charge in [0.25, 0.3) is 0 Å². The van der Waals surface area contributed by atoms with Gasteiger partial charge in [-0.05, 0) is 83.5 Å². The molecule has 1 aromatic rings. The summed E-state index contributed by atoms with van der Waals surface area (Å²) >= 11 is 3.23. The monoisotopic (exact) mass is 355 g/mol. The molecule has 2 rings (SSSR count). The highest BCUT2D eigenvalue weighted by atomic mass is 79.9. The van der Waals surface area contributed by atoms with Crippen LogP contribution in [-0.2, 0) is 0 Å². The molecular weight excluding hydrogens is 329 g/mol. The van der Waals surface area contributed by atoms with Crippen LogP contribution in [-0.4, -0.2) is 6.54 Å². The summed E-state index contributed by atoms with van der Waals surface area (Å²) in [6.07, 6.45) is 5.22. The van der Waals surface area contributed by atoms with Gasteiger partial charge in [-0.3, -0.25) is 0 Å². The van der Waals surface area contributed by atoms with Crippen LogP contribution < -0.4 is 5.32 Å². The van der Waals surface area contributed by atoms with Gasteiger partial charge in [-0.2, -0.15) is 0 Å². The van der Waals surface area contributed by atoms with Crippen LogP contribution in [0.3, 0.4) is 0 Å². The van der Waals surface area contributed by atoms with Crippen LogP contribution >= 0.6 is 15.9 Å². The quantitative estimate of drug-likeness (QED) is 0.684. The van der Waals surface area contributed by atoms with Crippen molar-refractivity contribution in [2.24, 2.45) is 17.3 Å². The van der Waals surface area contributed by atoms with Gasteiger partial charge in [0.15, 0.2) is 0 Å². The lowest BCUT2D eigenvalue weighted by atomic mass is 9.70. The maximum Gasteiger partial charge on any atom is 0.139 e. The van der Waals surface area contributed by atoms with Crippen LogP contribution in [0.25, 0.3) is 0 Å². The van der Waals surface area contributed by atoms with Crippen molar-refractivity contribution in [2.45, 2.75) is 53.4 Å². The molecule has 0 aromatic heterocycles. The standard InChI is InChI=1S/C18H27BrFN/c1-12-9-15(19)16(20)10-17(12)21-11-13-5-7-14(8-6-13)18(2,3)4/h9-10,13-14,21H,5-8,11H2,1-4H3. The van der Waals surface area contributed by atoms with Gasteiger partial charge in [0.05, 0.1) is 4.47 Å². The number of hydrogen-bond acceptors (Lipinski definition) is 1. The van der Waals surface area contributed by atoms with E-state index in [0.717, 1.165) is 29.6 Å². The van der Waals surface area contributed by atoms with E-state index in [1.165, 1.54) is 25.7 Å². The average molecular weight is 356 g/mol. The van der Waals surface area contributed by atoms with Crippen molar-refractivity contribution in [3.8, 4) is 0 Å². The Labute approximate surface area is 136 Å². The fourth-order valence-corrected chi connectivity index (χ4v) is 3.78. The van der Waals surface area contributed by atoms with E-state index in [2.05, 4.69) is 42.0 Å². The first-order valence-corrected chi connectivity index (χ1v) is 8.76. The number of rotatable bonds is 3. The molecular formula is C18H27BrFN. The molecule has 0 bridgehead atoms. The third-order valence-electron chi connectivity index (χ3n) is 4.92. The Hall–Kier alpha value is -0.570. The van der Waals surface area contributed by atoms with Gasteiger partial charge in [0.2, 0.25) is 0 Å². The minimum absolute atomic E-state index is 0.195. The Kier molecular flexibility index (Phi) is 5.34. The van der Waals surface area contributed by atoms with Gasteiger partial charge in [0.1, 0.15) is 5.82 Å². The fraction of sp³-hybridized carbons (Fsp3) is 0.667. The molecule has 0 heterocycles. The highest BCUT2D eigenvalue weighted by molar-refractivity contribution is 9.10. The second kappa shape index (κ2) is 6.68. The Bertz CT molecular complexity index is 485. The summed E-state index contributed by atoms with van der Waals surface area (Å²) in [4.78, 5) is 0. The summed E-state index contributed by atoms with van der Waals surface area (Å²) in [6.45, 7) is 10.0. The Morgan fingerprint density at radius 2 is 1.81 bits per heavy atom. The Balaban J connectivity index is 1.87. The molecule has 0 saturated heterocycles. The van der Waals surface area contributed by atoms with Gasteiger partial charge < -0.3 is 5.32 Å². The molecule has 1 aromatic carbocycles. The lowest BCUT2D eigenvalue weighted by Crippen LogP contribution is -2.28. The summed E-state index contributed by atoms with van der Waals surface area (Å²) in [5.41, 5.74) is 2.45. The first kappa shape index (κ1) is 16.8. The van der Waals surface area contributed by atoms with Crippen LogP contribution in [0.1, 0.15) is 52.0 Å². The molecule has 0 aliphatic heterocycles. The van der Waals surface area contributed by atoms with Crippen LogP contribution in [0.4, 0.5) is 10.1 Å². The van der Waals surface area contributed by atoms with Crippen molar-refractivity contribution in [2.75, 3.05) is 11.9 Å². The van der Waals surface area contributed by atoms with Crippen molar-refractivity contribution in [1.82, 2.24) is 0 Å². The molecule has 1 aliphatic carbocycles. The first-order chi connectivity index (χ1) is 9.77. The zero-order chi connectivity index (χ0) is 15.6. The Morgan fingerprint density at radius 3 is 2.38 bits per heavy atom. The van der Waals surface area contributed by atoms with Crippen molar-refractivity contribution in [3.05, 3.63) is 28.0 Å². The average Bonchev–Trinajstić information content (AvgIpc) is 2.41. The smallest absolute Gasteiger partial charge is 0.139 e. The van der Waals surface area contributed by atoms with E-state index < -0.39 is 0 Å². The maximum atomic E-state index is 13.6. The summed E-state index contributed by atoms with van der Waals surface area (Å²) in [5, 5.41) is 3.44. The number of aryl methyl sites for hydroxylation is 1. The fourth-order valence-electron chi connectivity index (χ4n) is 3.32. The number of benzene rings is 1. The third kappa shape index (κ3) is 4.45. The van der Waals surface area contributed by atoms with E-state index in [9.17, 15) is 4.39 Å². The highest BCUT2D eigenvalue weighted by Crippen LogP contribution is 2.39. The van der Waals surface area contributed by atoms with Gasteiger partial charge >= 0.3 is 0 Å². The number of hydrogen-bond donors (Lipinski definition) is 1. The van der Waals surface area contributed by atoms with Crippen molar-refractivity contribution in [1.29, 1.82) is 0 Å². The van der Waals surface area contributed by atoms with Crippen molar-refractivity contribution < 1.29 is 4.39 Å². The second-order valence-electron chi connectivity index (χ2n) is 7.55. The third-order valence-corrected chi connectivity index (χ3v) is 5.53. The summed E-state index contributed by atoms with van der Waals surface area (Å²) in [6, 6.07) is 3.44. The largest absolute Gasteiger partial charge is 0.384 e. The molecule has 3 heteroatoms. The predicted molar refractivity (Wildman–Crippen MR) is 92.2 cm³/mol. The lowest BCUT2D eigenvalue weighted by Gasteiger charge is -2.37. The van der Waals surface area contributed by atoms with Gasteiger partial charge in [0, 0.05) is 12.2 Å². The summed E-state index contributed by atoms with van der Waals surface area (Å²) in [5.74, 6) is 1.37. The maximum absolute atomic E-state index is 13.6. The predicted octanol–water partition coefficient (Wildman–Crippen LogP) is 6.16. The molecule has 1 nitrogen and oxygen atoms in total. The normalized spacial score (nSPS) is 23.1. The Morgan fingerprint density at radius 1 is 1.19 bits per heavy atom. The summed E-state index contributed by atoms with van der Waals surface area (Å²) in [7, 11) is 0. The van der Waals surface area contributed by atoms with E-state index >= 15 is 0 Å². The molecule has 21 heavy (non-hydrogen) atoms. The second-order valence-corrected chi connectivity index (χ2v) is 8.40. The van der Waals surface area contributed by atoms with E-state index in [1.54, 1.807) is 6.07 Å². The van der Waals surface area contributed by atoms with E-state index in [-0.39, 0.29) is 5.82 Å². The summed E-state index contributed by atoms with van der Waals surface area (Å²) < 4.78 is 14.2. The molecule has 0 amide bonds. The molecule has 1 N–H and O–H groups in total. The number of anilines is 1. The topological polar surface area (TPSA) is 12.0 Å². The zero-order valence-electron chi connectivity index (χ0n) is 13.6. The van der Waals surface area contributed by atoms with E-state index in [0.29, 0.717) is 9.89 Å². The van der Waals surface area contributed by atoms with Crippen LogP contribution in [0.2, 0.25) is 0 Å². The number of nitrogens with one attached hydrogen (secondary N) is 1. The van der Waals surface area contributed by atoms with E-state index in [1.807, 2.05) is 13.0 Å². The molecule has 1 aliphatic rings. The van der Waals surface area contributed by atoms with Crippen LogP contribution in [0, 0.1) is 30.0 Å². The molecule has 0 spiro atoms. The van der Waals surface area contributed by atoms with Crippen molar-refractivity contribution >= 4 is 21.6 Å². The minimum atomic E-state index is -0.195. The van der Waals surface area contributed by atoms with Gasteiger partial charge in [-0.15, -0.1) is 0 Å². The number of halogens is 2. The SMILES string of the molecule is Cc1cc(Br)c(F)cc1NCC1CCC(C(C)(C)C)CC1. The molecule has 118 valence electrons. The van der Waals surface area contributed by atoms with Gasteiger partial charge in [-0.25, -0.2) is 4.39 Å². The van der Waals surface area contributed by atoms with Crippen LogP contribution in [0.5, 0.6) is 0 Å². The van der Waals surface area contributed by atoms with E-state index in [4.69, 9.17) is 0 Å². The van der Waals surface area contributed by atoms with Gasteiger partial charge in [-0.1, -0.05) is 20.8 Å². The minimum Gasteiger partial charge on any atom is -0.384 e. The van der Waals surface area contributed by atoms with Crippen LogP contribution in [0.15, 0.2) is 16.6 Å². The zero-order valence-corrected chi connectivity index (χ0v) is 15.2. The molecule has 1 fully saturated rings. The molecule has 0 radical (unpaired) electrons.